The first-order valence-corrected chi connectivity index (χ1v) is 8.57. The van der Waals surface area contributed by atoms with Gasteiger partial charge >= 0.3 is 0 Å². The highest BCUT2D eigenvalue weighted by Crippen LogP contribution is 2.21. The highest BCUT2D eigenvalue weighted by atomic mass is 15.3. The maximum atomic E-state index is 6.39. The minimum absolute atomic E-state index is 0.304. The van der Waals surface area contributed by atoms with E-state index in [-0.39, 0.29) is 0 Å². The molecule has 2 heterocycles. The van der Waals surface area contributed by atoms with Gasteiger partial charge in [0.15, 0.2) is 0 Å². The SMILES string of the molecule is NC(CCc1ccccc1)CN1CCCN2CCCC2C1. The van der Waals surface area contributed by atoms with Gasteiger partial charge in [0.05, 0.1) is 0 Å². The lowest BCUT2D eigenvalue weighted by molar-refractivity contribution is 0.211. The number of hydrogen-bond acceptors (Lipinski definition) is 3. The standard InChI is InChI=1S/C18H29N3/c19-17(10-9-16-6-2-1-3-7-16)14-20-11-5-13-21-12-4-8-18(21)15-20/h1-3,6-7,17-18H,4-5,8-15,19H2. The number of aryl methyl sites for hydroxylation is 1. The molecule has 0 amide bonds. The average Bonchev–Trinajstić information content (AvgIpc) is 2.85. The van der Waals surface area contributed by atoms with Crippen LogP contribution in [0, 0.1) is 0 Å². The second-order valence-electron chi connectivity index (χ2n) is 6.73. The topological polar surface area (TPSA) is 32.5 Å². The largest absolute Gasteiger partial charge is 0.327 e. The second kappa shape index (κ2) is 7.39. The Bertz CT molecular complexity index is 420. The molecular formula is C18H29N3. The molecule has 0 spiro atoms. The van der Waals surface area contributed by atoms with Gasteiger partial charge in [-0.25, -0.2) is 0 Å². The third-order valence-electron chi connectivity index (χ3n) is 5.03. The van der Waals surface area contributed by atoms with Crippen molar-refractivity contribution in [3.05, 3.63) is 35.9 Å². The molecule has 0 aliphatic carbocycles. The minimum Gasteiger partial charge on any atom is -0.327 e. The van der Waals surface area contributed by atoms with Crippen molar-refractivity contribution in [2.24, 2.45) is 5.73 Å². The predicted octanol–water partition coefficient (Wildman–Crippen LogP) is 2.12. The zero-order valence-corrected chi connectivity index (χ0v) is 13.1. The van der Waals surface area contributed by atoms with E-state index in [1.54, 1.807) is 0 Å². The van der Waals surface area contributed by atoms with Gasteiger partial charge in [0.2, 0.25) is 0 Å². The molecular weight excluding hydrogens is 258 g/mol. The molecule has 2 N–H and O–H groups in total. The van der Waals surface area contributed by atoms with Crippen molar-refractivity contribution in [1.82, 2.24) is 9.80 Å². The van der Waals surface area contributed by atoms with Crippen molar-refractivity contribution in [3.8, 4) is 0 Å². The molecule has 0 aromatic heterocycles. The average molecular weight is 287 g/mol. The summed E-state index contributed by atoms with van der Waals surface area (Å²) in [6.07, 6.45) is 6.27. The maximum absolute atomic E-state index is 6.39. The summed E-state index contributed by atoms with van der Waals surface area (Å²) in [7, 11) is 0. The molecule has 2 unspecified atom stereocenters. The first-order chi connectivity index (χ1) is 10.3. The fourth-order valence-corrected chi connectivity index (χ4v) is 3.87. The third kappa shape index (κ3) is 4.29. The molecule has 0 bridgehead atoms. The Morgan fingerprint density at radius 3 is 2.76 bits per heavy atom. The van der Waals surface area contributed by atoms with Crippen LogP contribution < -0.4 is 5.73 Å². The van der Waals surface area contributed by atoms with Crippen molar-refractivity contribution in [2.45, 2.75) is 44.2 Å². The normalized spacial score (nSPS) is 25.5. The van der Waals surface area contributed by atoms with Gasteiger partial charge in [-0.3, -0.25) is 4.90 Å². The number of nitrogens with zero attached hydrogens (tertiary/aromatic N) is 2. The van der Waals surface area contributed by atoms with Crippen LogP contribution in [0.2, 0.25) is 0 Å². The van der Waals surface area contributed by atoms with E-state index in [0.717, 1.165) is 25.4 Å². The monoisotopic (exact) mass is 287 g/mol. The Kier molecular flexibility index (Phi) is 5.28. The predicted molar refractivity (Wildman–Crippen MR) is 88.4 cm³/mol. The van der Waals surface area contributed by atoms with Gasteiger partial charge in [-0.2, -0.15) is 0 Å². The van der Waals surface area contributed by atoms with Crippen LogP contribution in [0.5, 0.6) is 0 Å². The van der Waals surface area contributed by atoms with Crippen LogP contribution in [0.15, 0.2) is 30.3 Å². The van der Waals surface area contributed by atoms with Crippen LogP contribution in [0.3, 0.4) is 0 Å². The van der Waals surface area contributed by atoms with E-state index in [1.165, 1.54) is 51.0 Å². The first kappa shape index (κ1) is 15.0. The van der Waals surface area contributed by atoms with Crippen LogP contribution in [0.25, 0.3) is 0 Å². The zero-order valence-electron chi connectivity index (χ0n) is 13.1. The Balaban J connectivity index is 1.44. The van der Waals surface area contributed by atoms with E-state index < -0.39 is 0 Å². The van der Waals surface area contributed by atoms with Crippen LogP contribution >= 0.6 is 0 Å². The number of rotatable bonds is 5. The number of hydrogen-bond donors (Lipinski definition) is 1. The summed E-state index contributed by atoms with van der Waals surface area (Å²) in [4.78, 5) is 5.31. The summed E-state index contributed by atoms with van der Waals surface area (Å²) in [5.41, 5.74) is 7.79. The van der Waals surface area contributed by atoms with E-state index in [2.05, 4.69) is 40.1 Å². The second-order valence-corrected chi connectivity index (χ2v) is 6.73. The third-order valence-corrected chi connectivity index (χ3v) is 5.03. The number of benzene rings is 1. The van der Waals surface area contributed by atoms with E-state index in [9.17, 15) is 0 Å². The van der Waals surface area contributed by atoms with Gasteiger partial charge in [0.1, 0.15) is 0 Å². The fraction of sp³-hybridized carbons (Fsp3) is 0.667. The molecule has 2 fully saturated rings. The number of nitrogens with two attached hydrogens (primary N) is 1. The summed E-state index contributed by atoms with van der Waals surface area (Å²) in [5.74, 6) is 0. The Labute approximate surface area is 129 Å². The molecule has 2 atom stereocenters. The van der Waals surface area contributed by atoms with Crippen molar-refractivity contribution in [2.75, 3.05) is 32.7 Å². The molecule has 3 rings (SSSR count). The molecule has 3 heteroatoms. The van der Waals surface area contributed by atoms with Gasteiger partial charge < -0.3 is 10.6 Å². The summed E-state index contributed by atoms with van der Waals surface area (Å²) in [6, 6.07) is 11.8. The van der Waals surface area contributed by atoms with Crippen molar-refractivity contribution in [1.29, 1.82) is 0 Å². The molecule has 2 aliphatic heterocycles. The van der Waals surface area contributed by atoms with Gasteiger partial charge in [-0.1, -0.05) is 30.3 Å². The van der Waals surface area contributed by atoms with Crippen molar-refractivity contribution in [3.63, 3.8) is 0 Å². The van der Waals surface area contributed by atoms with Gasteiger partial charge in [0, 0.05) is 25.2 Å². The lowest BCUT2D eigenvalue weighted by atomic mass is 10.1. The molecule has 116 valence electrons. The summed E-state index contributed by atoms with van der Waals surface area (Å²) >= 11 is 0. The Hall–Kier alpha value is -0.900. The van der Waals surface area contributed by atoms with Crippen LogP contribution in [0.1, 0.15) is 31.2 Å². The lowest BCUT2D eigenvalue weighted by Crippen LogP contribution is -2.42. The van der Waals surface area contributed by atoms with Crippen LogP contribution in [-0.2, 0) is 6.42 Å². The molecule has 1 aromatic carbocycles. The molecule has 1 aromatic rings. The van der Waals surface area contributed by atoms with E-state index in [0.29, 0.717) is 6.04 Å². The van der Waals surface area contributed by atoms with Crippen molar-refractivity contribution < 1.29 is 0 Å². The Morgan fingerprint density at radius 2 is 1.90 bits per heavy atom. The molecule has 0 radical (unpaired) electrons. The van der Waals surface area contributed by atoms with Gasteiger partial charge in [-0.05, 0) is 57.3 Å². The molecule has 3 nitrogen and oxygen atoms in total. The van der Waals surface area contributed by atoms with Crippen molar-refractivity contribution >= 4 is 0 Å². The number of fused-ring (bicyclic) bond motifs is 1. The summed E-state index contributed by atoms with van der Waals surface area (Å²) in [6.45, 7) is 6.14. The lowest BCUT2D eigenvalue weighted by Gasteiger charge is -2.27. The highest BCUT2D eigenvalue weighted by molar-refractivity contribution is 5.14. The molecule has 0 saturated carbocycles. The quantitative estimate of drug-likeness (QED) is 0.900. The fourth-order valence-electron chi connectivity index (χ4n) is 3.87. The maximum Gasteiger partial charge on any atom is 0.0223 e. The van der Waals surface area contributed by atoms with E-state index in [1.807, 2.05) is 0 Å². The molecule has 2 saturated heterocycles. The first-order valence-electron chi connectivity index (χ1n) is 8.57. The summed E-state index contributed by atoms with van der Waals surface area (Å²) in [5, 5.41) is 0. The van der Waals surface area contributed by atoms with Gasteiger partial charge in [0.25, 0.3) is 0 Å². The van der Waals surface area contributed by atoms with Gasteiger partial charge in [-0.15, -0.1) is 0 Å². The Morgan fingerprint density at radius 1 is 1.10 bits per heavy atom. The molecule has 21 heavy (non-hydrogen) atoms. The highest BCUT2D eigenvalue weighted by Gasteiger charge is 2.28. The summed E-state index contributed by atoms with van der Waals surface area (Å²) < 4.78 is 0. The minimum atomic E-state index is 0.304. The zero-order chi connectivity index (χ0) is 14.5. The van der Waals surface area contributed by atoms with E-state index >= 15 is 0 Å². The van der Waals surface area contributed by atoms with Crippen LogP contribution in [0.4, 0.5) is 0 Å². The van der Waals surface area contributed by atoms with E-state index in [4.69, 9.17) is 5.73 Å². The smallest absolute Gasteiger partial charge is 0.0223 e. The molecule has 2 aliphatic rings. The van der Waals surface area contributed by atoms with Crippen LogP contribution in [-0.4, -0.2) is 54.6 Å².